The summed E-state index contributed by atoms with van der Waals surface area (Å²) in [5.41, 5.74) is 0.693. The number of nitrogens with zero attached hydrogens (tertiary/aromatic N) is 2. The summed E-state index contributed by atoms with van der Waals surface area (Å²) in [7, 11) is 0. The molecule has 0 unspecified atom stereocenters. The lowest BCUT2D eigenvalue weighted by molar-refractivity contribution is 0.102. The minimum absolute atomic E-state index is 0.0715. The van der Waals surface area contributed by atoms with Crippen molar-refractivity contribution in [3.05, 3.63) is 64.8 Å². The molecular weight excluding hydrogens is 348 g/mol. The number of aromatic nitrogens is 2. The molecule has 0 radical (unpaired) electrons. The summed E-state index contributed by atoms with van der Waals surface area (Å²) < 4.78 is 0.819. The number of ketones is 1. The van der Waals surface area contributed by atoms with Crippen LogP contribution in [-0.2, 0) is 0 Å². The van der Waals surface area contributed by atoms with E-state index in [1.165, 1.54) is 11.8 Å². The third kappa shape index (κ3) is 3.14. The van der Waals surface area contributed by atoms with Crippen LogP contribution < -0.4 is 0 Å². The maximum atomic E-state index is 12.3. The molecule has 2 aromatic carbocycles. The molecule has 0 N–H and O–H groups in total. The summed E-state index contributed by atoms with van der Waals surface area (Å²) in [4.78, 5) is 12.3. The van der Waals surface area contributed by atoms with E-state index in [1.54, 1.807) is 6.20 Å². The second-order valence-electron chi connectivity index (χ2n) is 4.43. The molecule has 1 heterocycles. The fourth-order valence-corrected chi connectivity index (χ4v) is 3.38. The first-order chi connectivity index (χ1) is 10.3. The second kappa shape index (κ2) is 6.37. The number of fused-ring (bicyclic) bond motifs is 1. The quantitative estimate of drug-likeness (QED) is 0.513. The smallest absolute Gasteiger partial charge is 0.174 e. The number of carbonyl (C=O) groups excluding carboxylic acids is 1. The van der Waals surface area contributed by atoms with E-state index in [-0.39, 0.29) is 5.78 Å². The van der Waals surface area contributed by atoms with Crippen molar-refractivity contribution < 1.29 is 4.79 Å². The average Bonchev–Trinajstić information content (AvgIpc) is 2.53. The van der Waals surface area contributed by atoms with Gasteiger partial charge in [0, 0.05) is 20.8 Å². The second-order valence-corrected chi connectivity index (χ2v) is 6.25. The fraction of sp³-hybridized carbons (Fsp3) is 0.0625. The first kappa shape index (κ1) is 14.2. The van der Waals surface area contributed by atoms with Crippen LogP contribution in [0.4, 0.5) is 0 Å². The van der Waals surface area contributed by atoms with E-state index < -0.39 is 0 Å². The summed E-state index contributed by atoms with van der Waals surface area (Å²) in [5.74, 6) is 0.410. The molecule has 3 rings (SSSR count). The van der Waals surface area contributed by atoms with Gasteiger partial charge in [0.1, 0.15) is 5.03 Å². The SMILES string of the molecule is O=C(CSc1nncc2ccccc12)c1ccccc1Br. The molecule has 0 spiro atoms. The Labute approximate surface area is 134 Å². The van der Waals surface area contributed by atoms with Crippen molar-refractivity contribution >= 4 is 44.2 Å². The summed E-state index contributed by atoms with van der Waals surface area (Å²) in [5, 5.41) is 11.0. The maximum absolute atomic E-state index is 12.3. The highest BCUT2D eigenvalue weighted by molar-refractivity contribution is 9.10. The number of halogens is 1. The molecule has 5 heteroatoms. The molecule has 0 bridgehead atoms. The summed E-state index contributed by atoms with van der Waals surface area (Å²) in [6.45, 7) is 0. The predicted molar refractivity (Wildman–Crippen MR) is 88.7 cm³/mol. The van der Waals surface area contributed by atoms with Crippen LogP contribution in [0.15, 0.2) is 64.2 Å². The van der Waals surface area contributed by atoms with Gasteiger partial charge in [-0.1, -0.05) is 70.2 Å². The van der Waals surface area contributed by atoms with E-state index in [9.17, 15) is 4.79 Å². The Hall–Kier alpha value is -1.72. The van der Waals surface area contributed by atoms with Crippen molar-refractivity contribution in [1.82, 2.24) is 10.2 Å². The van der Waals surface area contributed by atoms with Crippen LogP contribution in [0.25, 0.3) is 10.8 Å². The Morgan fingerprint density at radius 3 is 2.71 bits per heavy atom. The third-order valence-electron chi connectivity index (χ3n) is 3.05. The number of hydrogen-bond donors (Lipinski definition) is 0. The number of rotatable bonds is 4. The molecule has 0 aliphatic heterocycles. The van der Waals surface area contributed by atoms with Gasteiger partial charge in [-0.05, 0) is 6.07 Å². The van der Waals surface area contributed by atoms with Crippen molar-refractivity contribution in [3.8, 4) is 0 Å². The van der Waals surface area contributed by atoms with Crippen molar-refractivity contribution in [2.24, 2.45) is 0 Å². The van der Waals surface area contributed by atoms with Gasteiger partial charge < -0.3 is 0 Å². The van der Waals surface area contributed by atoms with E-state index in [0.717, 1.165) is 20.3 Å². The van der Waals surface area contributed by atoms with Crippen LogP contribution in [0.2, 0.25) is 0 Å². The molecule has 1 aromatic heterocycles. The van der Waals surface area contributed by atoms with Gasteiger partial charge in [-0.25, -0.2) is 0 Å². The van der Waals surface area contributed by atoms with Crippen LogP contribution in [0.5, 0.6) is 0 Å². The first-order valence-electron chi connectivity index (χ1n) is 6.36. The van der Waals surface area contributed by atoms with Gasteiger partial charge in [0.15, 0.2) is 5.78 Å². The Morgan fingerprint density at radius 2 is 1.86 bits per heavy atom. The van der Waals surface area contributed by atoms with Gasteiger partial charge >= 0.3 is 0 Å². The number of carbonyl (C=O) groups is 1. The zero-order chi connectivity index (χ0) is 14.7. The standard InChI is InChI=1S/C16H11BrN2OS/c17-14-8-4-3-7-13(14)15(20)10-21-16-12-6-2-1-5-11(12)9-18-19-16/h1-9H,10H2. The van der Waals surface area contributed by atoms with Crippen LogP contribution in [0, 0.1) is 0 Å². The number of Topliss-reactive ketones (excluding diaryl/α,β-unsaturated/α-hetero) is 1. The van der Waals surface area contributed by atoms with E-state index in [1.807, 2.05) is 48.5 Å². The van der Waals surface area contributed by atoms with Crippen molar-refractivity contribution in [1.29, 1.82) is 0 Å². The number of thioether (sulfide) groups is 1. The Balaban J connectivity index is 1.81. The normalized spacial score (nSPS) is 10.7. The molecule has 0 atom stereocenters. The van der Waals surface area contributed by atoms with Gasteiger partial charge in [-0.15, -0.1) is 5.10 Å². The van der Waals surface area contributed by atoms with Crippen LogP contribution in [0.3, 0.4) is 0 Å². The van der Waals surface area contributed by atoms with E-state index in [4.69, 9.17) is 0 Å². The molecule has 0 aliphatic rings. The topological polar surface area (TPSA) is 42.9 Å². The zero-order valence-corrected chi connectivity index (χ0v) is 13.4. The zero-order valence-electron chi connectivity index (χ0n) is 11.0. The van der Waals surface area contributed by atoms with Crippen LogP contribution in [0.1, 0.15) is 10.4 Å². The largest absolute Gasteiger partial charge is 0.293 e. The van der Waals surface area contributed by atoms with Crippen LogP contribution >= 0.6 is 27.7 Å². The molecular formula is C16H11BrN2OS. The minimum atomic E-state index is 0.0715. The Morgan fingerprint density at radius 1 is 1.10 bits per heavy atom. The van der Waals surface area contributed by atoms with Gasteiger partial charge in [0.2, 0.25) is 0 Å². The van der Waals surface area contributed by atoms with Crippen molar-refractivity contribution in [3.63, 3.8) is 0 Å². The van der Waals surface area contributed by atoms with Crippen molar-refractivity contribution in [2.45, 2.75) is 5.03 Å². The Kier molecular flexibility index (Phi) is 4.31. The highest BCUT2D eigenvalue weighted by atomic mass is 79.9. The summed E-state index contributed by atoms with van der Waals surface area (Å²) >= 11 is 4.82. The highest BCUT2D eigenvalue weighted by Crippen LogP contribution is 2.26. The lowest BCUT2D eigenvalue weighted by atomic mass is 10.1. The van der Waals surface area contributed by atoms with E-state index in [2.05, 4.69) is 26.1 Å². The maximum Gasteiger partial charge on any atom is 0.174 e. The fourth-order valence-electron chi connectivity index (χ4n) is 2.01. The minimum Gasteiger partial charge on any atom is -0.293 e. The first-order valence-corrected chi connectivity index (χ1v) is 8.14. The predicted octanol–water partition coefficient (Wildman–Crippen LogP) is 4.37. The summed E-state index contributed by atoms with van der Waals surface area (Å²) in [6, 6.07) is 15.4. The lowest BCUT2D eigenvalue weighted by Gasteiger charge is -2.05. The van der Waals surface area contributed by atoms with E-state index in [0.29, 0.717) is 11.3 Å². The monoisotopic (exact) mass is 358 g/mol. The van der Waals surface area contributed by atoms with Gasteiger partial charge in [0.25, 0.3) is 0 Å². The van der Waals surface area contributed by atoms with Gasteiger partial charge in [-0.3, -0.25) is 4.79 Å². The highest BCUT2D eigenvalue weighted by Gasteiger charge is 2.12. The molecule has 0 fully saturated rings. The van der Waals surface area contributed by atoms with Crippen LogP contribution in [-0.4, -0.2) is 21.7 Å². The number of benzene rings is 2. The molecule has 3 nitrogen and oxygen atoms in total. The van der Waals surface area contributed by atoms with Gasteiger partial charge in [-0.2, -0.15) is 5.10 Å². The lowest BCUT2D eigenvalue weighted by Crippen LogP contribution is -2.03. The summed E-state index contributed by atoms with van der Waals surface area (Å²) in [6.07, 6.45) is 1.73. The molecule has 3 aromatic rings. The molecule has 104 valence electrons. The van der Waals surface area contributed by atoms with Crippen molar-refractivity contribution in [2.75, 3.05) is 5.75 Å². The number of hydrogen-bond acceptors (Lipinski definition) is 4. The molecule has 21 heavy (non-hydrogen) atoms. The Bertz CT molecular complexity index is 802. The van der Waals surface area contributed by atoms with E-state index >= 15 is 0 Å². The third-order valence-corrected chi connectivity index (χ3v) is 4.72. The molecule has 0 saturated carbocycles. The molecule has 0 amide bonds. The molecule has 0 saturated heterocycles. The molecule has 0 aliphatic carbocycles. The van der Waals surface area contributed by atoms with Gasteiger partial charge in [0.05, 0.1) is 11.9 Å². The average molecular weight is 359 g/mol.